The summed E-state index contributed by atoms with van der Waals surface area (Å²) < 4.78 is 37.5. The van der Waals surface area contributed by atoms with Crippen molar-refractivity contribution in [2.24, 2.45) is 0 Å². The second-order valence-electron chi connectivity index (χ2n) is 6.05. The number of hydrogen-bond acceptors (Lipinski definition) is 5. The van der Waals surface area contributed by atoms with Gasteiger partial charge in [-0.1, -0.05) is 18.1 Å². The summed E-state index contributed by atoms with van der Waals surface area (Å²) in [4.78, 5) is 16.5. The number of benzene rings is 2. The summed E-state index contributed by atoms with van der Waals surface area (Å²) in [7, 11) is 0. The lowest BCUT2D eigenvalue weighted by Gasteiger charge is -2.09. The second kappa shape index (κ2) is 8.07. The van der Waals surface area contributed by atoms with E-state index in [0.29, 0.717) is 18.2 Å². The molecule has 0 saturated carbocycles. The SMILES string of the molecule is CCCOc1cccc(-c2nc(CC(=O)c3cc(F)cc(F)c3)no2)c1C. The van der Waals surface area contributed by atoms with Gasteiger partial charge in [-0.2, -0.15) is 4.98 Å². The Hall–Kier alpha value is -3.09. The lowest BCUT2D eigenvalue weighted by molar-refractivity contribution is 0.0989. The van der Waals surface area contributed by atoms with Crippen LogP contribution >= 0.6 is 0 Å². The number of ether oxygens (including phenoxy) is 1. The second-order valence-corrected chi connectivity index (χ2v) is 6.05. The number of halogens is 2. The third kappa shape index (κ3) is 4.36. The molecular weight excluding hydrogens is 354 g/mol. The highest BCUT2D eigenvalue weighted by Gasteiger charge is 2.17. The van der Waals surface area contributed by atoms with Gasteiger partial charge in [-0.3, -0.25) is 4.79 Å². The zero-order chi connectivity index (χ0) is 19.4. The average Bonchev–Trinajstić information content (AvgIpc) is 3.08. The largest absolute Gasteiger partial charge is 0.493 e. The smallest absolute Gasteiger partial charge is 0.258 e. The minimum Gasteiger partial charge on any atom is -0.493 e. The van der Waals surface area contributed by atoms with Gasteiger partial charge >= 0.3 is 0 Å². The summed E-state index contributed by atoms with van der Waals surface area (Å²) in [6.45, 7) is 4.49. The van der Waals surface area contributed by atoms with Crippen LogP contribution in [0.25, 0.3) is 11.5 Å². The standard InChI is InChI=1S/C20H18F2N2O3/c1-3-7-26-18-6-4-5-16(12(18)2)20-23-19(24-27-20)11-17(25)13-8-14(21)10-15(22)9-13/h4-6,8-10H,3,7,11H2,1-2H3. The van der Waals surface area contributed by atoms with Gasteiger partial charge in [0.25, 0.3) is 5.89 Å². The molecule has 2 aromatic carbocycles. The molecule has 1 heterocycles. The Balaban J connectivity index is 1.80. The van der Waals surface area contributed by atoms with Crippen molar-refractivity contribution in [3.05, 3.63) is 65.0 Å². The number of Topliss-reactive ketones (excluding diaryl/α,β-unsaturated/α-hetero) is 1. The molecule has 0 fully saturated rings. The highest BCUT2D eigenvalue weighted by molar-refractivity contribution is 5.97. The third-order valence-electron chi connectivity index (χ3n) is 3.95. The fraction of sp³-hybridized carbons (Fsp3) is 0.250. The molecule has 27 heavy (non-hydrogen) atoms. The number of rotatable bonds is 7. The summed E-state index contributed by atoms with van der Waals surface area (Å²) in [6.07, 6.45) is 0.661. The van der Waals surface area contributed by atoms with Gasteiger partial charge in [-0.25, -0.2) is 8.78 Å². The number of aromatic nitrogens is 2. The van der Waals surface area contributed by atoms with Gasteiger partial charge in [0, 0.05) is 22.8 Å². The van der Waals surface area contributed by atoms with E-state index in [2.05, 4.69) is 10.1 Å². The van der Waals surface area contributed by atoms with Crippen molar-refractivity contribution in [2.45, 2.75) is 26.7 Å². The number of ketones is 1. The minimum atomic E-state index is -0.813. The lowest BCUT2D eigenvalue weighted by atomic mass is 10.1. The summed E-state index contributed by atoms with van der Waals surface area (Å²) in [6, 6.07) is 8.15. The monoisotopic (exact) mass is 372 g/mol. The van der Waals surface area contributed by atoms with Crippen LogP contribution in [0, 0.1) is 18.6 Å². The first-order chi connectivity index (χ1) is 13.0. The number of carbonyl (C=O) groups excluding carboxylic acids is 1. The molecule has 0 aliphatic carbocycles. The van der Waals surface area contributed by atoms with E-state index in [-0.39, 0.29) is 23.7 Å². The van der Waals surface area contributed by atoms with Crippen LogP contribution in [-0.2, 0) is 6.42 Å². The molecule has 0 N–H and O–H groups in total. The normalized spacial score (nSPS) is 10.8. The van der Waals surface area contributed by atoms with E-state index in [1.165, 1.54) is 0 Å². The van der Waals surface area contributed by atoms with Gasteiger partial charge in [0.05, 0.1) is 13.0 Å². The van der Waals surface area contributed by atoms with Crippen LogP contribution in [0.1, 0.15) is 35.1 Å². The van der Waals surface area contributed by atoms with Gasteiger partial charge in [-0.15, -0.1) is 0 Å². The zero-order valence-corrected chi connectivity index (χ0v) is 15.0. The predicted octanol–water partition coefficient (Wildman–Crippen LogP) is 4.54. The van der Waals surface area contributed by atoms with E-state index in [0.717, 1.165) is 29.9 Å². The molecular formula is C20H18F2N2O3. The highest BCUT2D eigenvalue weighted by atomic mass is 19.1. The molecule has 0 bridgehead atoms. The Morgan fingerprint density at radius 1 is 1.19 bits per heavy atom. The molecule has 3 aromatic rings. The summed E-state index contributed by atoms with van der Waals surface area (Å²) in [5.74, 6) is -1.02. The van der Waals surface area contributed by atoms with Crippen molar-refractivity contribution in [2.75, 3.05) is 6.61 Å². The highest BCUT2D eigenvalue weighted by Crippen LogP contribution is 2.29. The molecule has 3 rings (SSSR count). The Morgan fingerprint density at radius 3 is 2.63 bits per heavy atom. The Bertz CT molecular complexity index is 949. The maximum absolute atomic E-state index is 13.3. The van der Waals surface area contributed by atoms with Crippen LogP contribution in [-0.4, -0.2) is 22.5 Å². The summed E-state index contributed by atoms with van der Waals surface area (Å²) >= 11 is 0. The summed E-state index contributed by atoms with van der Waals surface area (Å²) in [5, 5.41) is 3.80. The zero-order valence-electron chi connectivity index (χ0n) is 15.0. The van der Waals surface area contributed by atoms with Crippen molar-refractivity contribution in [1.29, 1.82) is 0 Å². The minimum absolute atomic E-state index is 0.0787. The molecule has 0 saturated heterocycles. The number of nitrogens with zero attached hydrogens (tertiary/aromatic N) is 2. The Labute approximate surface area is 155 Å². The van der Waals surface area contributed by atoms with E-state index in [4.69, 9.17) is 9.26 Å². The Kier molecular flexibility index (Phi) is 5.59. The molecule has 0 aliphatic heterocycles. The van der Waals surface area contributed by atoms with Crippen LogP contribution in [0.5, 0.6) is 5.75 Å². The van der Waals surface area contributed by atoms with Crippen LogP contribution in [0.3, 0.4) is 0 Å². The van der Waals surface area contributed by atoms with Crippen LogP contribution in [0.4, 0.5) is 8.78 Å². The van der Waals surface area contributed by atoms with E-state index < -0.39 is 17.4 Å². The van der Waals surface area contributed by atoms with Crippen molar-refractivity contribution < 1.29 is 22.8 Å². The fourth-order valence-corrected chi connectivity index (χ4v) is 2.61. The maximum Gasteiger partial charge on any atom is 0.258 e. The first kappa shape index (κ1) is 18.7. The summed E-state index contributed by atoms with van der Waals surface area (Å²) in [5.41, 5.74) is 1.47. The van der Waals surface area contributed by atoms with Gasteiger partial charge in [0.2, 0.25) is 0 Å². The van der Waals surface area contributed by atoms with Gasteiger partial charge in [0.1, 0.15) is 17.4 Å². The molecule has 0 radical (unpaired) electrons. The molecule has 0 aliphatic rings. The first-order valence-electron chi connectivity index (χ1n) is 8.52. The molecule has 0 atom stereocenters. The van der Waals surface area contributed by atoms with E-state index in [1.54, 1.807) is 0 Å². The molecule has 0 unspecified atom stereocenters. The molecule has 7 heteroatoms. The van der Waals surface area contributed by atoms with Crippen LogP contribution in [0.2, 0.25) is 0 Å². The van der Waals surface area contributed by atoms with Crippen LogP contribution < -0.4 is 4.74 Å². The van der Waals surface area contributed by atoms with Crippen molar-refractivity contribution in [1.82, 2.24) is 10.1 Å². The third-order valence-corrected chi connectivity index (χ3v) is 3.95. The lowest BCUT2D eigenvalue weighted by Crippen LogP contribution is -2.06. The molecule has 5 nitrogen and oxygen atoms in total. The molecule has 0 amide bonds. The van der Waals surface area contributed by atoms with Gasteiger partial charge in [-0.05, 0) is 37.6 Å². The average molecular weight is 372 g/mol. The van der Waals surface area contributed by atoms with Gasteiger partial charge < -0.3 is 9.26 Å². The number of carbonyl (C=O) groups is 1. The molecule has 1 aromatic heterocycles. The molecule has 0 spiro atoms. The van der Waals surface area contributed by atoms with E-state index in [9.17, 15) is 13.6 Å². The predicted molar refractivity (Wildman–Crippen MR) is 94.6 cm³/mol. The fourth-order valence-electron chi connectivity index (χ4n) is 2.61. The first-order valence-corrected chi connectivity index (χ1v) is 8.52. The van der Waals surface area contributed by atoms with E-state index >= 15 is 0 Å². The topological polar surface area (TPSA) is 65.2 Å². The quantitative estimate of drug-likeness (QED) is 0.570. The van der Waals surface area contributed by atoms with Crippen molar-refractivity contribution in [3.8, 4) is 17.2 Å². The number of hydrogen-bond donors (Lipinski definition) is 0. The maximum atomic E-state index is 13.3. The van der Waals surface area contributed by atoms with Crippen molar-refractivity contribution in [3.63, 3.8) is 0 Å². The Morgan fingerprint density at radius 2 is 1.93 bits per heavy atom. The van der Waals surface area contributed by atoms with E-state index in [1.807, 2.05) is 32.0 Å². The molecule has 140 valence electrons. The van der Waals surface area contributed by atoms with Crippen molar-refractivity contribution >= 4 is 5.78 Å². The van der Waals surface area contributed by atoms with Gasteiger partial charge in [0.15, 0.2) is 11.6 Å². The van der Waals surface area contributed by atoms with Crippen LogP contribution in [0.15, 0.2) is 40.9 Å².